The molecule has 1 atom stereocenters. The summed E-state index contributed by atoms with van der Waals surface area (Å²) in [6.45, 7) is 6.83. The zero-order valence-electron chi connectivity index (χ0n) is 16.5. The number of H-pyrrole nitrogens is 1. The predicted octanol–water partition coefficient (Wildman–Crippen LogP) is 2.87. The number of nitrogens with zero attached hydrogens (tertiary/aromatic N) is 2. The summed E-state index contributed by atoms with van der Waals surface area (Å²) in [4.78, 5) is 22.0. The highest BCUT2D eigenvalue weighted by Gasteiger charge is 2.28. The summed E-state index contributed by atoms with van der Waals surface area (Å²) in [5, 5.41) is 4.78. The summed E-state index contributed by atoms with van der Waals surface area (Å²) < 4.78 is 5.20. The minimum absolute atomic E-state index is 0.0616. The van der Waals surface area contributed by atoms with Crippen molar-refractivity contribution < 1.29 is 9.53 Å². The molecule has 2 aromatic rings. The average molecular weight is 370 g/mol. The van der Waals surface area contributed by atoms with Gasteiger partial charge in [0.1, 0.15) is 0 Å². The number of rotatable bonds is 5. The molecule has 0 radical (unpaired) electrons. The van der Waals surface area contributed by atoms with Gasteiger partial charge >= 0.3 is 5.97 Å². The zero-order valence-corrected chi connectivity index (χ0v) is 16.5. The number of carbonyl (C=O) groups excluding carboxylic acids is 1. The summed E-state index contributed by atoms with van der Waals surface area (Å²) in [6.07, 6.45) is 4.88. The highest BCUT2D eigenvalue weighted by Crippen LogP contribution is 2.22. The third-order valence-electron chi connectivity index (χ3n) is 5.23. The number of carbonyl (C=O) groups is 1. The van der Waals surface area contributed by atoms with Gasteiger partial charge in [0.25, 0.3) is 0 Å². The molecular formula is C21H30N4O2. The number of piperidine rings is 1. The Kier molecular flexibility index (Phi) is 6.37. The van der Waals surface area contributed by atoms with Crippen molar-refractivity contribution in [2.45, 2.75) is 33.1 Å². The van der Waals surface area contributed by atoms with Crippen LogP contribution in [0.15, 0.2) is 29.4 Å². The number of esters is 1. The van der Waals surface area contributed by atoms with Crippen LogP contribution in [0.2, 0.25) is 0 Å². The summed E-state index contributed by atoms with van der Waals surface area (Å²) >= 11 is 0. The van der Waals surface area contributed by atoms with Gasteiger partial charge in [-0.1, -0.05) is 12.1 Å². The van der Waals surface area contributed by atoms with Crippen LogP contribution in [0, 0.1) is 12.8 Å². The Morgan fingerprint density at radius 1 is 1.44 bits per heavy atom. The average Bonchev–Trinajstić information content (AvgIpc) is 3.10. The van der Waals surface area contributed by atoms with E-state index in [1.165, 1.54) is 22.0 Å². The van der Waals surface area contributed by atoms with Crippen LogP contribution < -0.4 is 5.32 Å². The topological polar surface area (TPSA) is 69.7 Å². The van der Waals surface area contributed by atoms with Crippen LogP contribution in [0.3, 0.4) is 0 Å². The second-order valence-electron chi connectivity index (χ2n) is 7.07. The first-order valence-electron chi connectivity index (χ1n) is 9.81. The molecule has 1 unspecified atom stereocenters. The number of guanidine groups is 1. The van der Waals surface area contributed by atoms with E-state index in [0.29, 0.717) is 13.2 Å². The van der Waals surface area contributed by atoms with Gasteiger partial charge in [-0.05, 0) is 50.3 Å². The fraction of sp³-hybridized carbons (Fsp3) is 0.524. The molecule has 0 spiro atoms. The molecule has 1 aliphatic heterocycles. The lowest BCUT2D eigenvalue weighted by Gasteiger charge is -2.33. The molecule has 1 saturated heterocycles. The van der Waals surface area contributed by atoms with E-state index in [1.54, 1.807) is 7.05 Å². The van der Waals surface area contributed by atoms with Crippen molar-refractivity contribution in [1.29, 1.82) is 0 Å². The maximum Gasteiger partial charge on any atom is 0.310 e. The summed E-state index contributed by atoms with van der Waals surface area (Å²) in [5.41, 5.74) is 3.79. The quantitative estimate of drug-likeness (QED) is 0.482. The van der Waals surface area contributed by atoms with Crippen LogP contribution in [-0.2, 0) is 16.0 Å². The predicted molar refractivity (Wildman–Crippen MR) is 109 cm³/mol. The van der Waals surface area contributed by atoms with Crippen molar-refractivity contribution in [3.63, 3.8) is 0 Å². The highest BCUT2D eigenvalue weighted by atomic mass is 16.5. The number of aromatic amines is 1. The van der Waals surface area contributed by atoms with Crippen LogP contribution in [0.1, 0.15) is 30.9 Å². The lowest BCUT2D eigenvalue weighted by molar-refractivity contribution is -0.149. The van der Waals surface area contributed by atoms with E-state index >= 15 is 0 Å². The van der Waals surface area contributed by atoms with Crippen molar-refractivity contribution in [1.82, 2.24) is 15.2 Å². The fourth-order valence-electron chi connectivity index (χ4n) is 3.91. The van der Waals surface area contributed by atoms with E-state index in [0.717, 1.165) is 38.3 Å². The van der Waals surface area contributed by atoms with Crippen molar-refractivity contribution >= 4 is 22.8 Å². The summed E-state index contributed by atoms with van der Waals surface area (Å²) in [6, 6.07) is 6.34. The smallest absolute Gasteiger partial charge is 0.310 e. The van der Waals surface area contributed by atoms with Gasteiger partial charge < -0.3 is 19.9 Å². The Labute approximate surface area is 161 Å². The lowest BCUT2D eigenvalue weighted by Crippen LogP contribution is -2.48. The van der Waals surface area contributed by atoms with Gasteiger partial charge in [-0.3, -0.25) is 9.79 Å². The Hall–Kier alpha value is -2.50. The van der Waals surface area contributed by atoms with Gasteiger partial charge in [0.15, 0.2) is 5.96 Å². The molecule has 27 heavy (non-hydrogen) atoms. The Bertz CT molecular complexity index is 812. The Morgan fingerprint density at radius 3 is 3.07 bits per heavy atom. The molecule has 0 bridgehead atoms. The second kappa shape index (κ2) is 8.93. The first kappa shape index (κ1) is 19.3. The van der Waals surface area contributed by atoms with E-state index in [2.05, 4.69) is 51.5 Å². The van der Waals surface area contributed by atoms with Gasteiger partial charge in [0, 0.05) is 43.8 Å². The number of nitrogens with one attached hydrogen (secondary N) is 2. The fourth-order valence-corrected chi connectivity index (χ4v) is 3.91. The molecule has 1 aromatic carbocycles. The molecule has 1 aromatic heterocycles. The SMILES string of the molecule is CCOC(=O)C1CCCN(C(=NC)NCCc2c[nH]c3cccc(C)c23)C1. The number of aliphatic imine (C=N–C) groups is 1. The van der Waals surface area contributed by atoms with Gasteiger partial charge in [0.2, 0.25) is 0 Å². The van der Waals surface area contributed by atoms with Crippen LogP contribution in [0.4, 0.5) is 0 Å². The van der Waals surface area contributed by atoms with E-state index in [4.69, 9.17) is 4.74 Å². The number of ether oxygens (including phenoxy) is 1. The molecule has 6 heteroatoms. The minimum atomic E-state index is -0.0908. The third kappa shape index (κ3) is 4.43. The van der Waals surface area contributed by atoms with Gasteiger partial charge in [-0.2, -0.15) is 0 Å². The standard InChI is InChI=1S/C21H30N4O2/c1-4-27-20(26)17-8-6-12-25(14-17)21(22-3)23-11-10-16-13-24-18-9-5-7-15(2)19(16)18/h5,7,9,13,17,24H,4,6,8,10-12,14H2,1-3H3,(H,22,23). The normalized spacial score (nSPS) is 18.0. The third-order valence-corrected chi connectivity index (χ3v) is 5.23. The monoisotopic (exact) mass is 370 g/mol. The molecular weight excluding hydrogens is 340 g/mol. The van der Waals surface area contributed by atoms with E-state index < -0.39 is 0 Å². The largest absolute Gasteiger partial charge is 0.466 e. The summed E-state index contributed by atoms with van der Waals surface area (Å²) in [7, 11) is 1.80. The Morgan fingerprint density at radius 2 is 2.30 bits per heavy atom. The van der Waals surface area contributed by atoms with Crippen molar-refractivity contribution in [3.8, 4) is 0 Å². The molecule has 146 valence electrons. The number of hydrogen-bond donors (Lipinski definition) is 2. The first-order chi connectivity index (χ1) is 13.1. The molecule has 1 aliphatic rings. The van der Waals surface area contributed by atoms with Gasteiger partial charge in [-0.25, -0.2) is 0 Å². The number of benzene rings is 1. The van der Waals surface area contributed by atoms with E-state index in [-0.39, 0.29) is 11.9 Å². The van der Waals surface area contributed by atoms with Crippen LogP contribution in [0.5, 0.6) is 0 Å². The molecule has 2 heterocycles. The first-order valence-corrected chi connectivity index (χ1v) is 9.81. The number of aryl methyl sites for hydroxylation is 1. The van der Waals surface area contributed by atoms with Crippen molar-refractivity contribution in [3.05, 3.63) is 35.5 Å². The van der Waals surface area contributed by atoms with E-state index in [1.807, 2.05) is 6.92 Å². The molecule has 0 amide bonds. The van der Waals surface area contributed by atoms with Crippen molar-refractivity contribution in [2.24, 2.45) is 10.9 Å². The lowest BCUT2D eigenvalue weighted by atomic mass is 9.98. The molecule has 2 N–H and O–H groups in total. The van der Waals surface area contributed by atoms with Crippen LogP contribution >= 0.6 is 0 Å². The van der Waals surface area contributed by atoms with Crippen LogP contribution in [0.25, 0.3) is 10.9 Å². The number of fused-ring (bicyclic) bond motifs is 1. The van der Waals surface area contributed by atoms with Gasteiger partial charge in [0.05, 0.1) is 12.5 Å². The minimum Gasteiger partial charge on any atom is -0.466 e. The van der Waals surface area contributed by atoms with Crippen LogP contribution in [-0.4, -0.2) is 55.1 Å². The molecule has 1 fully saturated rings. The molecule has 0 aliphatic carbocycles. The van der Waals surface area contributed by atoms with Gasteiger partial charge in [-0.15, -0.1) is 0 Å². The van der Waals surface area contributed by atoms with Crippen molar-refractivity contribution in [2.75, 3.05) is 33.3 Å². The van der Waals surface area contributed by atoms with E-state index in [9.17, 15) is 4.79 Å². The maximum atomic E-state index is 12.1. The second-order valence-corrected chi connectivity index (χ2v) is 7.07. The molecule has 6 nitrogen and oxygen atoms in total. The zero-order chi connectivity index (χ0) is 19.2. The molecule has 0 saturated carbocycles. The number of hydrogen-bond acceptors (Lipinski definition) is 3. The Balaban J connectivity index is 1.58. The highest BCUT2D eigenvalue weighted by molar-refractivity contribution is 5.86. The maximum absolute atomic E-state index is 12.1. The number of likely N-dealkylation sites (tertiary alicyclic amines) is 1. The molecule has 3 rings (SSSR count). The summed E-state index contributed by atoms with van der Waals surface area (Å²) in [5.74, 6) is 0.709. The number of aromatic nitrogens is 1.